The first-order valence-electron chi connectivity index (χ1n) is 6.08. The topological polar surface area (TPSA) is 81.9 Å². The van der Waals surface area contributed by atoms with Gasteiger partial charge in [0.05, 0.1) is 13.2 Å². The standard InChI is InChI=1S/C12H22N2O4/c1-8(11(16)18-12(2,3)4)14-5-6-17-7-9(14)10(13)15/h8-9H,5-7H2,1-4H3,(H2,13,15). The zero-order chi connectivity index (χ0) is 13.9. The first-order chi connectivity index (χ1) is 8.22. The van der Waals surface area contributed by atoms with E-state index in [0.717, 1.165) is 0 Å². The summed E-state index contributed by atoms with van der Waals surface area (Å²) in [7, 11) is 0. The van der Waals surface area contributed by atoms with E-state index in [1.54, 1.807) is 11.8 Å². The van der Waals surface area contributed by atoms with E-state index in [1.165, 1.54) is 0 Å². The molecule has 1 rings (SSSR count). The van der Waals surface area contributed by atoms with Gasteiger partial charge in [-0.2, -0.15) is 0 Å². The van der Waals surface area contributed by atoms with Crippen molar-refractivity contribution in [1.29, 1.82) is 0 Å². The Morgan fingerprint density at radius 2 is 2.06 bits per heavy atom. The van der Waals surface area contributed by atoms with Crippen LogP contribution in [-0.4, -0.2) is 54.2 Å². The molecule has 0 aromatic carbocycles. The number of esters is 1. The summed E-state index contributed by atoms with van der Waals surface area (Å²) in [6.45, 7) is 8.34. The lowest BCUT2D eigenvalue weighted by molar-refractivity contribution is -0.165. The maximum absolute atomic E-state index is 12.0. The summed E-state index contributed by atoms with van der Waals surface area (Å²) in [5, 5.41) is 0. The fourth-order valence-corrected chi connectivity index (χ4v) is 1.85. The molecular formula is C12H22N2O4. The summed E-state index contributed by atoms with van der Waals surface area (Å²) in [5.41, 5.74) is 4.77. The fourth-order valence-electron chi connectivity index (χ4n) is 1.85. The Labute approximate surface area is 107 Å². The van der Waals surface area contributed by atoms with Gasteiger partial charge in [-0.1, -0.05) is 0 Å². The van der Waals surface area contributed by atoms with Crippen LogP contribution in [-0.2, 0) is 19.1 Å². The molecular weight excluding hydrogens is 236 g/mol. The minimum atomic E-state index is -0.568. The number of hydrogen-bond acceptors (Lipinski definition) is 5. The molecule has 0 radical (unpaired) electrons. The van der Waals surface area contributed by atoms with Crippen LogP contribution in [0.5, 0.6) is 0 Å². The van der Waals surface area contributed by atoms with Gasteiger partial charge in [0, 0.05) is 6.54 Å². The lowest BCUT2D eigenvalue weighted by Gasteiger charge is -2.37. The molecule has 1 aliphatic rings. The van der Waals surface area contributed by atoms with Gasteiger partial charge in [0.1, 0.15) is 17.7 Å². The fraction of sp³-hybridized carbons (Fsp3) is 0.833. The van der Waals surface area contributed by atoms with Crippen molar-refractivity contribution < 1.29 is 19.1 Å². The van der Waals surface area contributed by atoms with E-state index >= 15 is 0 Å². The van der Waals surface area contributed by atoms with Crippen molar-refractivity contribution in [2.24, 2.45) is 5.73 Å². The number of rotatable bonds is 3. The summed E-state index contributed by atoms with van der Waals surface area (Å²) >= 11 is 0. The largest absolute Gasteiger partial charge is 0.459 e. The van der Waals surface area contributed by atoms with Gasteiger partial charge in [-0.05, 0) is 27.7 Å². The molecule has 18 heavy (non-hydrogen) atoms. The number of morpholine rings is 1. The van der Waals surface area contributed by atoms with Gasteiger partial charge in [0.25, 0.3) is 0 Å². The average Bonchev–Trinajstić information content (AvgIpc) is 2.25. The van der Waals surface area contributed by atoms with Crippen LogP contribution in [0.4, 0.5) is 0 Å². The lowest BCUT2D eigenvalue weighted by atomic mass is 10.1. The molecule has 0 spiro atoms. The number of carbonyl (C=O) groups is 2. The Hall–Kier alpha value is -1.14. The number of amides is 1. The monoisotopic (exact) mass is 258 g/mol. The van der Waals surface area contributed by atoms with Crippen LogP contribution in [0.1, 0.15) is 27.7 Å². The van der Waals surface area contributed by atoms with Gasteiger partial charge in [0.15, 0.2) is 0 Å². The van der Waals surface area contributed by atoms with Crippen molar-refractivity contribution in [3.05, 3.63) is 0 Å². The van der Waals surface area contributed by atoms with Crippen molar-refractivity contribution >= 4 is 11.9 Å². The van der Waals surface area contributed by atoms with E-state index in [4.69, 9.17) is 15.2 Å². The number of hydrogen-bond donors (Lipinski definition) is 1. The molecule has 6 nitrogen and oxygen atoms in total. The zero-order valence-corrected chi connectivity index (χ0v) is 11.4. The van der Waals surface area contributed by atoms with Crippen molar-refractivity contribution in [1.82, 2.24) is 4.90 Å². The van der Waals surface area contributed by atoms with Crippen molar-refractivity contribution in [3.8, 4) is 0 Å². The Morgan fingerprint density at radius 3 is 2.56 bits per heavy atom. The normalized spacial score (nSPS) is 23.4. The Kier molecular flexibility index (Phi) is 4.70. The molecule has 1 aliphatic heterocycles. The maximum atomic E-state index is 12.0. The molecule has 2 atom stereocenters. The number of nitrogens with zero attached hydrogens (tertiary/aromatic N) is 1. The molecule has 2 N–H and O–H groups in total. The number of carbonyl (C=O) groups excluding carboxylic acids is 2. The van der Waals surface area contributed by atoms with Gasteiger partial charge in [0.2, 0.25) is 5.91 Å². The van der Waals surface area contributed by atoms with Gasteiger partial charge in [-0.25, -0.2) is 0 Å². The molecule has 1 fully saturated rings. The zero-order valence-electron chi connectivity index (χ0n) is 11.4. The smallest absolute Gasteiger partial charge is 0.323 e. The summed E-state index contributed by atoms with van der Waals surface area (Å²) in [4.78, 5) is 25.0. The van der Waals surface area contributed by atoms with Crippen molar-refractivity contribution in [3.63, 3.8) is 0 Å². The summed E-state index contributed by atoms with van der Waals surface area (Å²) < 4.78 is 10.5. The van der Waals surface area contributed by atoms with Crippen LogP contribution in [0, 0.1) is 0 Å². The summed E-state index contributed by atoms with van der Waals surface area (Å²) in [5.74, 6) is -0.833. The molecule has 0 aliphatic carbocycles. The van der Waals surface area contributed by atoms with Crippen LogP contribution in [0.3, 0.4) is 0 Å². The second-order valence-electron chi connectivity index (χ2n) is 5.44. The van der Waals surface area contributed by atoms with Crippen molar-refractivity contribution in [2.75, 3.05) is 19.8 Å². The molecule has 0 aromatic heterocycles. The second-order valence-corrected chi connectivity index (χ2v) is 5.44. The molecule has 6 heteroatoms. The highest BCUT2D eigenvalue weighted by atomic mass is 16.6. The summed E-state index contributed by atoms with van der Waals surface area (Å²) in [6, 6.07) is -1.08. The molecule has 2 unspecified atom stereocenters. The second kappa shape index (κ2) is 5.67. The third-order valence-corrected chi connectivity index (χ3v) is 2.74. The minimum Gasteiger partial charge on any atom is -0.459 e. The molecule has 104 valence electrons. The quantitative estimate of drug-likeness (QED) is 0.715. The first-order valence-corrected chi connectivity index (χ1v) is 6.08. The predicted molar refractivity (Wildman–Crippen MR) is 65.8 cm³/mol. The Morgan fingerprint density at radius 1 is 1.44 bits per heavy atom. The highest BCUT2D eigenvalue weighted by Gasteiger charge is 2.35. The minimum absolute atomic E-state index is 0.225. The third-order valence-electron chi connectivity index (χ3n) is 2.74. The van der Waals surface area contributed by atoms with E-state index in [0.29, 0.717) is 13.2 Å². The van der Waals surface area contributed by atoms with E-state index < -0.39 is 23.6 Å². The molecule has 1 amide bonds. The van der Waals surface area contributed by atoms with Crippen LogP contribution >= 0.6 is 0 Å². The lowest BCUT2D eigenvalue weighted by Crippen LogP contribution is -2.58. The maximum Gasteiger partial charge on any atom is 0.323 e. The Bertz CT molecular complexity index is 325. The molecule has 0 aromatic rings. The summed E-state index contributed by atoms with van der Waals surface area (Å²) in [6.07, 6.45) is 0. The number of nitrogens with two attached hydrogens (primary N) is 1. The van der Waals surface area contributed by atoms with E-state index in [1.807, 2.05) is 20.8 Å². The highest BCUT2D eigenvalue weighted by molar-refractivity contribution is 5.82. The SMILES string of the molecule is CC(C(=O)OC(C)(C)C)N1CCOCC1C(N)=O. The first kappa shape index (κ1) is 14.9. The van der Waals surface area contributed by atoms with Gasteiger partial charge in [-0.15, -0.1) is 0 Å². The van der Waals surface area contributed by atoms with E-state index in [9.17, 15) is 9.59 Å². The van der Waals surface area contributed by atoms with Crippen LogP contribution in [0.2, 0.25) is 0 Å². The van der Waals surface area contributed by atoms with Crippen LogP contribution < -0.4 is 5.73 Å². The van der Waals surface area contributed by atoms with Gasteiger partial charge >= 0.3 is 5.97 Å². The molecule has 0 saturated carbocycles. The Balaban J connectivity index is 2.71. The van der Waals surface area contributed by atoms with Gasteiger partial charge < -0.3 is 15.2 Å². The number of primary amides is 1. The molecule has 1 saturated heterocycles. The number of ether oxygens (including phenoxy) is 2. The average molecular weight is 258 g/mol. The van der Waals surface area contributed by atoms with Crippen molar-refractivity contribution in [2.45, 2.75) is 45.4 Å². The predicted octanol–water partition coefficient (Wildman–Crippen LogP) is -0.0973. The third kappa shape index (κ3) is 3.96. The van der Waals surface area contributed by atoms with E-state index in [-0.39, 0.29) is 12.6 Å². The van der Waals surface area contributed by atoms with Gasteiger partial charge in [-0.3, -0.25) is 14.5 Å². The van der Waals surface area contributed by atoms with Crippen LogP contribution in [0.25, 0.3) is 0 Å². The van der Waals surface area contributed by atoms with Crippen LogP contribution in [0.15, 0.2) is 0 Å². The molecule has 1 heterocycles. The molecule has 0 bridgehead atoms. The van der Waals surface area contributed by atoms with E-state index in [2.05, 4.69) is 0 Å². The highest BCUT2D eigenvalue weighted by Crippen LogP contribution is 2.15.